The van der Waals surface area contributed by atoms with Gasteiger partial charge < -0.3 is 15.7 Å². The summed E-state index contributed by atoms with van der Waals surface area (Å²) in [6.45, 7) is 7.49. The quantitative estimate of drug-likeness (QED) is 0.137. The van der Waals surface area contributed by atoms with Crippen LogP contribution in [0.15, 0.2) is 97.3 Å². The molecular formula is C38H35F3N4O4S. The van der Waals surface area contributed by atoms with Crippen molar-refractivity contribution in [2.24, 2.45) is 0 Å². The lowest BCUT2D eigenvalue weighted by Crippen LogP contribution is -2.51. The molecule has 3 aromatic carbocycles. The Morgan fingerprint density at radius 3 is 1.76 bits per heavy atom. The molecule has 0 aliphatic heterocycles. The minimum Gasteiger partial charge on any atom is -0.480 e. The Kier molecular flexibility index (Phi) is 10.5. The van der Waals surface area contributed by atoms with Crippen LogP contribution in [0.25, 0.3) is 33.6 Å². The Hall–Kier alpha value is -5.36. The highest BCUT2D eigenvalue weighted by Crippen LogP contribution is 2.32. The van der Waals surface area contributed by atoms with Gasteiger partial charge in [-0.15, -0.1) is 11.3 Å². The lowest BCUT2D eigenvalue weighted by Gasteiger charge is -2.20. The van der Waals surface area contributed by atoms with E-state index in [4.69, 9.17) is 0 Å². The van der Waals surface area contributed by atoms with Gasteiger partial charge in [-0.05, 0) is 58.9 Å². The van der Waals surface area contributed by atoms with Crippen LogP contribution in [0.5, 0.6) is 0 Å². The van der Waals surface area contributed by atoms with Gasteiger partial charge in [0.05, 0.1) is 10.4 Å². The van der Waals surface area contributed by atoms with Gasteiger partial charge in [-0.2, -0.15) is 13.2 Å². The molecule has 2 aromatic heterocycles. The normalized spacial score (nSPS) is 12.9. The number of carboxylic acids is 1. The van der Waals surface area contributed by atoms with E-state index in [1.807, 2.05) is 51.1 Å². The van der Waals surface area contributed by atoms with Crippen LogP contribution in [0.4, 0.5) is 13.2 Å². The van der Waals surface area contributed by atoms with Crippen molar-refractivity contribution in [3.63, 3.8) is 0 Å². The standard InChI is InChI=1S/C38H35F3N4O4S/c1-22(36(48)49)44-34(46)30(45-35(47)31-17-18-32(50-31)37(2,3)4)19-23-5-7-27(8-6-23)33-42-20-28(21-43-33)26-11-9-24(10-12-26)25-13-15-29(16-14-25)38(39,40)41/h5-18,20-22,30H,19H2,1-4H3,(H,44,46)(H,45,47)(H,48,49)/t22-,30+/m1/s1. The zero-order valence-corrected chi connectivity index (χ0v) is 28.5. The van der Waals surface area contributed by atoms with Crippen molar-refractivity contribution in [1.29, 1.82) is 0 Å². The molecule has 0 aliphatic rings. The first kappa shape index (κ1) is 35.9. The SMILES string of the molecule is C[C@@H](NC(=O)[C@H](Cc1ccc(-c2ncc(-c3ccc(-c4ccc(C(F)(F)F)cc4)cc3)cn2)cc1)NC(=O)c1ccc(C(C)(C)C)s1)C(=O)O. The zero-order chi connectivity index (χ0) is 36.2. The molecule has 5 aromatic rings. The van der Waals surface area contributed by atoms with E-state index in [1.165, 1.54) is 30.4 Å². The van der Waals surface area contributed by atoms with E-state index in [0.717, 1.165) is 44.8 Å². The molecule has 0 saturated heterocycles. The summed E-state index contributed by atoms with van der Waals surface area (Å²) in [6, 6.07) is 21.0. The van der Waals surface area contributed by atoms with Gasteiger partial charge in [0.15, 0.2) is 5.82 Å². The van der Waals surface area contributed by atoms with Crippen LogP contribution in [-0.4, -0.2) is 44.9 Å². The van der Waals surface area contributed by atoms with E-state index in [0.29, 0.717) is 16.3 Å². The molecule has 2 atom stereocenters. The summed E-state index contributed by atoms with van der Waals surface area (Å²) in [5.41, 5.74) is 3.64. The third kappa shape index (κ3) is 8.80. The van der Waals surface area contributed by atoms with Crippen molar-refractivity contribution in [3.8, 4) is 33.6 Å². The molecule has 2 heterocycles. The Labute approximate surface area is 291 Å². The fourth-order valence-electron chi connectivity index (χ4n) is 5.04. The summed E-state index contributed by atoms with van der Waals surface area (Å²) in [5.74, 6) is -1.77. The van der Waals surface area contributed by atoms with E-state index < -0.39 is 41.6 Å². The number of nitrogens with zero attached hydrogens (tertiary/aromatic N) is 2. The first-order valence-electron chi connectivity index (χ1n) is 15.7. The minimum absolute atomic E-state index is 0.115. The number of carbonyl (C=O) groups is 3. The fourth-order valence-corrected chi connectivity index (χ4v) is 6.00. The van der Waals surface area contributed by atoms with Crippen molar-refractivity contribution < 1.29 is 32.7 Å². The Morgan fingerprint density at radius 2 is 1.26 bits per heavy atom. The fraction of sp³-hybridized carbons (Fsp3) is 0.237. The molecule has 12 heteroatoms. The highest BCUT2D eigenvalue weighted by atomic mass is 32.1. The molecule has 8 nitrogen and oxygen atoms in total. The molecule has 0 saturated carbocycles. The number of carbonyl (C=O) groups excluding carboxylic acids is 2. The van der Waals surface area contributed by atoms with E-state index in [-0.39, 0.29) is 11.8 Å². The van der Waals surface area contributed by atoms with Gasteiger partial charge >= 0.3 is 12.1 Å². The average Bonchev–Trinajstić information content (AvgIpc) is 3.60. The summed E-state index contributed by atoms with van der Waals surface area (Å²) in [7, 11) is 0. The molecular weight excluding hydrogens is 666 g/mol. The van der Waals surface area contributed by atoms with Crippen LogP contribution in [0.2, 0.25) is 0 Å². The van der Waals surface area contributed by atoms with Gasteiger partial charge in [0.2, 0.25) is 5.91 Å². The van der Waals surface area contributed by atoms with Crippen molar-refractivity contribution in [2.45, 2.75) is 57.8 Å². The maximum Gasteiger partial charge on any atom is 0.416 e. The van der Waals surface area contributed by atoms with Gasteiger partial charge in [-0.1, -0.05) is 81.4 Å². The third-order valence-corrected chi connectivity index (χ3v) is 9.50. The highest BCUT2D eigenvalue weighted by molar-refractivity contribution is 7.14. The molecule has 0 bridgehead atoms. The number of carboxylic acid groups (broad SMARTS) is 1. The van der Waals surface area contributed by atoms with Crippen LogP contribution in [0.3, 0.4) is 0 Å². The second kappa shape index (κ2) is 14.6. The van der Waals surface area contributed by atoms with Gasteiger partial charge in [0.25, 0.3) is 5.91 Å². The molecule has 258 valence electrons. The lowest BCUT2D eigenvalue weighted by atomic mass is 9.95. The number of amides is 2. The number of halogens is 3. The van der Waals surface area contributed by atoms with Gasteiger partial charge in [0, 0.05) is 34.8 Å². The number of benzene rings is 3. The van der Waals surface area contributed by atoms with Crippen molar-refractivity contribution in [1.82, 2.24) is 20.6 Å². The summed E-state index contributed by atoms with van der Waals surface area (Å²) in [4.78, 5) is 48.1. The monoisotopic (exact) mass is 700 g/mol. The van der Waals surface area contributed by atoms with E-state index in [1.54, 1.807) is 42.7 Å². The number of aromatic nitrogens is 2. The zero-order valence-electron chi connectivity index (χ0n) is 27.7. The third-order valence-electron chi connectivity index (χ3n) is 7.99. The summed E-state index contributed by atoms with van der Waals surface area (Å²) in [6.07, 6.45) is -0.914. The first-order chi connectivity index (χ1) is 23.6. The maximum atomic E-state index is 13.2. The van der Waals surface area contributed by atoms with Crippen LogP contribution >= 0.6 is 11.3 Å². The number of hydrogen-bond acceptors (Lipinski definition) is 6. The van der Waals surface area contributed by atoms with Crippen LogP contribution < -0.4 is 10.6 Å². The van der Waals surface area contributed by atoms with Crippen molar-refractivity contribution in [3.05, 3.63) is 118 Å². The highest BCUT2D eigenvalue weighted by Gasteiger charge is 2.30. The van der Waals surface area contributed by atoms with Crippen LogP contribution in [0.1, 0.15) is 53.4 Å². The predicted molar refractivity (Wildman–Crippen MR) is 187 cm³/mol. The number of hydrogen-bond donors (Lipinski definition) is 3. The van der Waals surface area contributed by atoms with Gasteiger partial charge in [-0.25, -0.2) is 9.97 Å². The maximum absolute atomic E-state index is 13.2. The molecule has 0 fully saturated rings. The number of alkyl halides is 3. The molecule has 2 amide bonds. The summed E-state index contributed by atoms with van der Waals surface area (Å²) in [5, 5.41) is 14.5. The van der Waals surface area contributed by atoms with E-state index in [9.17, 15) is 32.7 Å². The second-order valence-corrected chi connectivity index (χ2v) is 13.9. The van der Waals surface area contributed by atoms with Crippen LogP contribution in [-0.2, 0) is 27.6 Å². The number of thiophene rings is 1. The van der Waals surface area contributed by atoms with Crippen LogP contribution in [0, 0.1) is 0 Å². The van der Waals surface area contributed by atoms with E-state index in [2.05, 4.69) is 20.6 Å². The molecule has 0 spiro atoms. The molecule has 3 N–H and O–H groups in total. The smallest absolute Gasteiger partial charge is 0.416 e. The van der Waals surface area contributed by atoms with Crippen molar-refractivity contribution in [2.75, 3.05) is 0 Å². The topological polar surface area (TPSA) is 121 Å². The minimum atomic E-state index is -4.39. The molecule has 50 heavy (non-hydrogen) atoms. The Balaban J connectivity index is 1.27. The Morgan fingerprint density at radius 1 is 0.740 bits per heavy atom. The summed E-state index contributed by atoms with van der Waals surface area (Å²) < 4.78 is 38.7. The molecule has 0 aliphatic carbocycles. The largest absolute Gasteiger partial charge is 0.480 e. The van der Waals surface area contributed by atoms with Gasteiger partial charge in [-0.3, -0.25) is 14.4 Å². The second-order valence-electron chi connectivity index (χ2n) is 12.9. The molecule has 0 unspecified atom stereocenters. The first-order valence-corrected chi connectivity index (χ1v) is 16.5. The number of aliphatic carboxylic acids is 1. The van der Waals surface area contributed by atoms with Gasteiger partial charge in [0.1, 0.15) is 12.1 Å². The lowest BCUT2D eigenvalue weighted by molar-refractivity contribution is -0.141. The summed E-state index contributed by atoms with van der Waals surface area (Å²) >= 11 is 1.34. The van der Waals surface area contributed by atoms with E-state index >= 15 is 0 Å². The van der Waals surface area contributed by atoms with Crippen molar-refractivity contribution >= 4 is 29.1 Å². The number of rotatable bonds is 10. The predicted octanol–water partition coefficient (Wildman–Crippen LogP) is 7.79. The average molecular weight is 701 g/mol. The molecule has 5 rings (SSSR count). The molecule has 0 radical (unpaired) electrons. The number of nitrogens with one attached hydrogen (secondary N) is 2. The Bertz CT molecular complexity index is 1970.